The topological polar surface area (TPSA) is 46.2 Å². The van der Waals surface area contributed by atoms with Gasteiger partial charge < -0.3 is 10.8 Å². The molecule has 2 nitrogen and oxygen atoms in total. The molecule has 0 spiro atoms. The maximum Gasteiger partial charge on any atom is 0.137 e. The minimum absolute atomic E-state index is 0.0116. The Kier molecular flexibility index (Phi) is 3.13. The highest BCUT2D eigenvalue weighted by Gasteiger charge is 2.36. The smallest absolute Gasteiger partial charge is 0.137 e. The Balaban J connectivity index is 2.51. The monoisotopic (exact) mass is 239 g/mol. The summed E-state index contributed by atoms with van der Waals surface area (Å²) >= 11 is 6.24. The Morgan fingerprint density at radius 1 is 1.38 bits per heavy atom. The summed E-state index contributed by atoms with van der Waals surface area (Å²) in [4.78, 5) is 0. The lowest BCUT2D eigenvalue weighted by molar-refractivity contribution is 0.440. The van der Waals surface area contributed by atoms with E-state index in [2.05, 4.69) is 0 Å². The van der Waals surface area contributed by atoms with Crippen LogP contribution in [0.1, 0.15) is 36.8 Å². The zero-order valence-electron chi connectivity index (χ0n) is 9.59. The molecule has 88 valence electrons. The van der Waals surface area contributed by atoms with Gasteiger partial charge in [-0.2, -0.15) is 0 Å². The first-order valence-corrected chi connectivity index (χ1v) is 6.17. The van der Waals surface area contributed by atoms with Crippen LogP contribution in [0.15, 0.2) is 12.1 Å². The number of aryl methyl sites for hydroxylation is 1. The van der Waals surface area contributed by atoms with Crippen LogP contribution in [0.4, 0.5) is 0 Å². The predicted molar refractivity (Wildman–Crippen MR) is 67.1 cm³/mol. The Labute approximate surface area is 101 Å². The zero-order valence-corrected chi connectivity index (χ0v) is 10.3. The van der Waals surface area contributed by atoms with E-state index in [-0.39, 0.29) is 11.2 Å². The highest BCUT2D eigenvalue weighted by Crippen LogP contribution is 2.45. The second-order valence-electron chi connectivity index (χ2n) is 4.78. The number of nitrogens with two attached hydrogens (primary N) is 1. The third kappa shape index (κ3) is 1.70. The molecule has 0 bridgehead atoms. The minimum atomic E-state index is -0.0116. The van der Waals surface area contributed by atoms with Crippen LogP contribution in [-0.4, -0.2) is 11.7 Å². The molecule has 0 aromatic heterocycles. The molecular weight excluding hydrogens is 222 g/mol. The first-order chi connectivity index (χ1) is 7.60. The molecule has 1 aromatic rings. The van der Waals surface area contributed by atoms with Crippen LogP contribution >= 0.6 is 11.6 Å². The van der Waals surface area contributed by atoms with Gasteiger partial charge in [-0.15, -0.1) is 0 Å². The molecule has 1 aromatic carbocycles. The number of rotatable bonds is 2. The number of phenolic OH excluding ortho intramolecular Hbond substituents is 1. The third-order valence-electron chi connectivity index (χ3n) is 3.84. The first-order valence-electron chi connectivity index (χ1n) is 5.79. The van der Waals surface area contributed by atoms with Crippen molar-refractivity contribution in [2.24, 2.45) is 5.73 Å². The van der Waals surface area contributed by atoms with Crippen molar-refractivity contribution in [3.05, 3.63) is 28.3 Å². The summed E-state index contributed by atoms with van der Waals surface area (Å²) < 4.78 is 0. The summed E-state index contributed by atoms with van der Waals surface area (Å²) in [6, 6.07) is 3.95. The third-order valence-corrected chi connectivity index (χ3v) is 4.22. The maximum absolute atomic E-state index is 9.88. The van der Waals surface area contributed by atoms with Crippen molar-refractivity contribution >= 4 is 11.6 Å². The summed E-state index contributed by atoms with van der Waals surface area (Å²) in [6.07, 6.45) is 4.54. The molecule has 2 rings (SSSR count). The molecule has 3 heteroatoms. The van der Waals surface area contributed by atoms with Crippen LogP contribution < -0.4 is 5.73 Å². The molecule has 0 aliphatic heterocycles. The van der Waals surface area contributed by atoms with E-state index in [0.717, 1.165) is 24.0 Å². The molecule has 3 N–H and O–H groups in total. The van der Waals surface area contributed by atoms with Gasteiger partial charge in [0.15, 0.2) is 0 Å². The van der Waals surface area contributed by atoms with E-state index in [0.29, 0.717) is 11.6 Å². The van der Waals surface area contributed by atoms with Gasteiger partial charge in [0.2, 0.25) is 0 Å². The van der Waals surface area contributed by atoms with E-state index < -0.39 is 0 Å². The van der Waals surface area contributed by atoms with Crippen molar-refractivity contribution in [1.82, 2.24) is 0 Å². The Morgan fingerprint density at radius 3 is 2.56 bits per heavy atom. The van der Waals surface area contributed by atoms with Crippen LogP contribution in [0.2, 0.25) is 5.02 Å². The van der Waals surface area contributed by atoms with E-state index in [4.69, 9.17) is 17.3 Å². The standard InChI is InChI=1S/C13H18ClNO/c1-9-4-5-10(11(14)12(9)16)13(8-15)6-2-3-7-13/h4-5,16H,2-3,6-8,15H2,1H3. The van der Waals surface area contributed by atoms with Crippen molar-refractivity contribution in [3.8, 4) is 5.75 Å². The summed E-state index contributed by atoms with van der Waals surface area (Å²) in [7, 11) is 0. The van der Waals surface area contributed by atoms with Gasteiger partial charge >= 0.3 is 0 Å². The average molecular weight is 240 g/mol. The van der Waals surface area contributed by atoms with Crippen molar-refractivity contribution in [3.63, 3.8) is 0 Å². The zero-order chi connectivity index (χ0) is 11.8. The number of phenols is 1. The molecule has 0 amide bonds. The molecule has 1 saturated carbocycles. The summed E-state index contributed by atoms with van der Waals surface area (Å²) in [5, 5.41) is 10.4. The Hall–Kier alpha value is -0.730. The highest BCUT2D eigenvalue weighted by atomic mass is 35.5. The summed E-state index contributed by atoms with van der Waals surface area (Å²) in [5.74, 6) is 0.207. The van der Waals surface area contributed by atoms with Crippen LogP contribution in [0.3, 0.4) is 0 Å². The highest BCUT2D eigenvalue weighted by molar-refractivity contribution is 6.33. The molecule has 1 fully saturated rings. The van der Waals surface area contributed by atoms with E-state index in [1.165, 1.54) is 12.8 Å². The second-order valence-corrected chi connectivity index (χ2v) is 5.16. The second kappa shape index (κ2) is 4.27. The fraction of sp³-hybridized carbons (Fsp3) is 0.538. The Morgan fingerprint density at radius 2 is 2.00 bits per heavy atom. The van der Waals surface area contributed by atoms with E-state index in [1.54, 1.807) is 0 Å². The van der Waals surface area contributed by atoms with Gasteiger partial charge in [-0.05, 0) is 30.9 Å². The van der Waals surface area contributed by atoms with Crippen molar-refractivity contribution in [1.29, 1.82) is 0 Å². The molecular formula is C13H18ClNO. The van der Waals surface area contributed by atoms with Crippen molar-refractivity contribution in [2.75, 3.05) is 6.54 Å². The lowest BCUT2D eigenvalue weighted by atomic mass is 9.78. The number of halogens is 1. The lowest BCUT2D eigenvalue weighted by Gasteiger charge is -2.29. The largest absolute Gasteiger partial charge is 0.506 e. The van der Waals surface area contributed by atoms with Gasteiger partial charge in [-0.25, -0.2) is 0 Å². The first kappa shape index (κ1) is 11.7. The quantitative estimate of drug-likeness (QED) is 0.833. The van der Waals surface area contributed by atoms with Gasteiger partial charge in [-0.1, -0.05) is 36.6 Å². The fourth-order valence-corrected chi connectivity index (χ4v) is 3.12. The molecule has 1 aliphatic rings. The van der Waals surface area contributed by atoms with Crippen LogP contribution in [0.25, 0.3) is 0 Å². The molecule has 0 atom stereocenters. The predicted octanol–water partition coefficient (Wildman–Crippen LogP) is 3.12. The maximum atomic E-state index is 9.88. The SMILES string of the molecule is Cc1ccc(C2(CN)CCCC2)c(Cl)c1O. The van der Waals surface area contributed by atoms with Gasteiger partial charge in [0.1, 0.15) is 5.75 Å². The minimum Gasteiger partial charge on any atom is -0.506 e. The number of benzene rings is 1. The van der Waals surface area contributed by atoms with Gasteiger partial charge in [0.25, 0.3) is 0 Å². The lowest BCUT2D eigenvalue weighted by Crippen LogP contribution is -2.32. The van der Waals surface area contributed by atoms with Crippen LogP contribution in [0.5, 0.6) is 5.75 Å². The van der Waals surface area contributed by atoms with Crippen molar-refractivity contribution < 1.29 is 5.11 Å². The Bertz CT molecular complexity index is 397. The van der Waals surface area contributed by atoms with Crippen LogP contribution in [0, 0.1) is 6.92 Å². The normalized spacial score (nSPS) is 18.9. The fourth-order valence-electron chi connectivity index (χ4n) is 2.71. The number of hydrogen-bond donors (Lipinski definition) is 2. The van der Waals surface area contributed by atoms with E-state index >= 15 is 0 Å². The molecule has 1 aliphatic carbocycles. The molecule has 0 unspecified atom stereocenters. The number of hydrogen-bond acceptors (Lipinski definition) is 2. The van der Waals surface area contributed by atoms with Crippen LogP contribution in [-0.2, 0) is 5.41 Å². The van der Waals surface area contributed by atoms with Gasteiger partial charge in [0.05, 0.1) is 5.02 Å². The average Bonchev–Trinajstić information content (AvgIpc) is 2.76. The van der Waals surface area contributed by atoms with E-state index in [9.17, 15) is 5.11 Å². The summed E-state index contributed by atoms with van der Waals surface area (Å²) in [5.41, 5.74) is 7.75. The van der Waals surface area contributed by atoms with E-state index in [1.807, 2.05) is 19.1 Å². The van der Waals surface area contributed by atoms with Gasteiger partial charge in [0, 0.05) is 12.0 Å². The van der Waals surface area contributed by atoms with Gasteiger partial charge in [-0.3, -0.25) is 0 Å². The molecule has 0 radical (unpaired) electrons. The number of aromatic hydroxyl groups is 1. The molecule has 0 saturated heterocycles. The summed E-state index contributed by atoms with van der Waals surface area (Å²) in [6.45, 7) is 2.46. The van der Waals surface area contributed by atoms with Crippen molar-refractivity contribution in [2.45, 2.75) is 38.0 Å². The molecule has 16 heavy (non-hydrogen) atoms. The molecule has 0 heterocycles.